The maximum atomic E-state index is 10.4. The Bertz CT molecular complexity index is 420. The standard InChI is InChI=1S/C11H10N2O/c14-8-11-7-10(12-13-11)6-9-4-2-1-3-5-9/h1-5,7-8H,6H2,(H,12,13). The second-order valence-corrected chi connectivity index (χ2v) is 3.10. The van der Waals surface area contributed by atoms with Crippen LogP contribution in [0.25, 0.3) is 0 Å². The van der Waals surface area contributed by atoms with Crippen molar-refractivity contribution < 1.29 is 4.79 Å². The number of aromatic amines is 1. The zero-order chi connectivity index (χ0) is 9.80. The number of hydrogen-bond acceptors (Lipinski definition) is 2. The van der Waals surface area contributed by atoms with E-state index in [0.717, 1.165) is 18.4 Å². The molecule has 1 heterocycles. The topological polar surface area (TPSA) is 45.8 Å². The van der Waals surface area contributed by atoms with Crippen LogP contribution in [-0.2, 0) is 6.42 Å². The van der Waals surface area contributed by atoms with E-state index >= 15 is 0 Å². The van der Waals surface area contributed by atoms with Gasteiger partial charge in [0.2, 0.25) is 0 Å². The lowest BCUT2D eigenvalue weighted by molar-refractivity contribution is 0.111. The Morgan fingerprint density at radius 3 is 2.71 bits per heavy atom. The SMILES string of the molecule is O=Cc1cc(Cc2ccccc2)[nH]n1. The molecule has 3 nitrogen and oxygen atoms in total. The molecule has 1 N–H and O–H groups in total. The van der Waals surface area contributed by atoms with E-state index < -0.39 is 0 Å². The first-order chi connectivity index (χ1) is 6.88. The van der Waals surface area contributed by atoms with Gasteiger partial charge in [-0.25, -0.2) is 0 Å². The largest absolute Gasteiger partial charge is 0.296 e. The summed E-state index contributed by atoms with van der Waals surface area (Å²) in [5, 5.41) is 6.66. The molecule has 14 heavy (non-hydrogen) atoms. The van der Waals surface area contributed by atoms with Crippen molar-refractivity contribution in [1.29, 1.82) is 0 Å². The number of nitrogens with one attached hydrogen (secondary N) is 1. The van der Waals surface area contributed by atoms with Gasteiger partial charge in [-0.2, -0.15) is 5.10 Å². The summed E-state index contributed by atoms with van der Waals surface area (Å²) in [4.78, 5) is 10.4. The van der Waals surface area contributed by atoms with Gasteiger partial charge in [0.1, 0.15) is 5.69 Å². The summed E-state index contributed by atoms with van der Waals surface area (Å²) in [7, 11) is 0. The Hall–Kier alpha value is -1.90. The van der Waals surface area contributed by atoms with E-state index in [2.05, 4.69) is 10.2 Å². The van der Waals surface area contributed by atoms with Crippen molar-refractivity contribution in [2.75, 3.05) is 0 Å². The van der Waals surface area contributed by atoms with Gasteiger partial charge in [0.25, 0.3) is 0 Å². The quantitative estimate of drug-likeness (QED) is 0.743. The second-order valence-electron chi connectivity index (χ2n) is 3.10. The van der Waals surface area contributed by atoms with E-state index in [1.54, 1.807) is 6.07 Å². The maximum Gasteiger partial charge on any atom is 0.170 e. The molecule has 70 valence electrons. The highest BCUT2D eigenvalue weighted by Crippen LogP contribution is 2.06. The highest BCUT2D eigenvalue weighted by molar-refractivity contribution is 5.71. The molecule has 0 aliphatic heterocycles. The van der Waals surface area contributed by atoms with Gasteiger partial charge in [-0.15, -0.1) is 0 Å². The summed E-state index contributed by atoms with van der Waals surface area (Å²) in [5.74, 6) is 0. The minimum Gasteiger partial charge on any atom is -0.296 e. The Labute approximate surface area is 81.8 Å². The number of hydrogen-bond donors (Lipinski definition) is 1. The third-order valence-electron chi connectivity index (χ3n) is 2.01. The summed E-state index contributed by atoms with van der Waals surface area (Å²) in [5.41, 5.74) is 2.61. The number of rotatable bonds is 3. The fourth-order valence-electron chi connectivity index (χ4n) is 1.35. The van der Waals surface area contributed by atoms with Crippen LogP contribution in [0, 0.1) is 0 Å². The van der Waals surface area contributed by atoms with Crippen LogP contribution >= 0.6 is 0 Å². The van der Waals surface area contributed by atoms with Crippen LogP contribution in [0.3, 0.4) is 0 Å². The molecule has 0 atom stereocenters. The number of benzene rings is 1. The summed E-state index contributed by atoms with van der Waals surface area (Å²) in [6, 6.07) is 11.8. The molecule has 0 unspecified atom stereocenters. The van der Waals surface area contributed by atoms with E-state index in [-0.39, 0.29) is 0 Å². The average Bonchev–Trinajstić information content (AvgIpc) is 2.67. The molecule has 1 aromatic heterocycles. The number of nitrogens with zero attached hydrogens (tertiary/aromatic N) is 1. The van der Waals surface area contributed by atoms with Gasteiger partial charge < -0.3 is 0 Å². The lowest BCUT2D eigenvalue weighted by Gasteiger charge is -1.96. The highest BCUT2D eigenvalue weighted by atomic mass is 16.1. The van der Waals surface area contributed by atoms with Crippen LogP contribution in [0.2, 0.25) is 0 Å². The number of carbonyl (C=O) groups is 1. The van der Waals surface area contributed by atoms with Crippen LogP contribution in [-0.4, -0.2) is 16.5 Å². The fourth-order valence-corrected chi connectivity index (χ4v) is 1.35. The lowest BCUT2D eigenvalue weighted by Crippen LogP contribution is -1.87. The summed E-state index contributed by atoms with van der Waals surface area (Å²) in [6.45, 7) is 0. The third-order valence-corrected chi connectivity index (χ3v) is 2.01. The van der Waals surface area contributed by atoms with Gasteiger partial charge in [-0.05, 0) is 11.6 Å². The van der Waals surface area contributed by atoms with Crippen molar-refractivity contribution in [3.05, 3.63) is 53.3 Å². The Kier molecular flexibility index (Phi) is 2.40. The zero-order valence-corrected chi connectivity index (χ0v) is 7.60. The molecule has 3 heteroatoms. The monoisotopic (exact) mass is 186 g/mol. The Morgan fingerprint density at radius 2 is 2.07 bits per heavy atom. The van der Waals surface area contributed by atoms with Crippen molar-refractivity contribution in [3.8, 4) is 0 Å². The normalized spacial score (nSPS) is 10.0. The first-order valence-corrected chi connectivity index (χ1v) is 4.42. The molecule has 0 fully saturated rings. The molecule has 0 aliphatic carbocycles. The van der Waals surface area contributed by atoms with E-state index in [1.807, 2.05) is 30.3 Å². The van der Waals surface area contributed by atoms with Crippen LogP contribution in [0.5, 0.6) is 0 Å². The van der Waals surface area contributed by atoms with Crippen LogP contribution in [0.1, 0.15) is 21.7 Å². The summed E-state index contributed by atoms with van der Waals surface area (Å²) < 4.78 is 0. The Balaban J connectivity index is 2.15. The van der Waals surface area contributed by atoms with Crippen LogP contribution < -0.4 is 0 Å². The maximum absolute atomic E-state index is 10.4. The van der Waals surface area contributed by atoms with Crippen molar-refractivity contribution in [3.63, 3.8) is 0 Å². The molecule has 0 aliphatic rings. The van der Waals surface area contributed by atoms with Gasteiger partial charge in [-0.3, -0.25) is 9.89 Å². The summed E-state index contributed by atoms with van der Waals surface area (Å²) in [6.07, 6.45) is 1.52. The van der Waals surface area contributed by atoms with Crippen LogP contribution in [0.15, 0.2) is 36.4 Å². The zero-order valence-electron chi connectivity index (χ0n) is 7.60. The molecule has 0 spiro atoms. The summed E-state index contributed by atoms with van der Waals surface area (Å²) >= 11 is 0. The number of carbonyl (C=O) groups excluding carboxylic acids is 1. The van der Waals surface area contributed by atoms with Crippen molar-refractivity contribution in [2.45, 2.75) is 6.42 Å². The van der Waals surface area contributed by atoms with E-state index in [1.165, 1.54) is 5.56 Å². The van der Waals surface area contributed by atoms with E-state index in [9.17, 15) is 4.79 Å². The predicted molar refractivity (Wildman–Crippen MR) is 53.2 cm³/mol. The van der Waals surface area contributed by atoms with Gasteiger partial charge in [-0.1, -0.05) is 30.3 Å². The predicted octanol–water partition coefficient (Wildman–Crippen LogP) is 1.81. The molecule has 2 aromatic rings. The molecule has 0 saturated carbocycles. The molecule has 2 rings (SSSR count). The van der Waals surface area contributed by atoms with Crippen molar-refractivity contribution in [1.82, 2.24) is 10.2 Å². The van der Waals surface area contributed by atoms with Crippen LogP contribution in [0.4, 0.5) is 0 Å². The minimum atomic E-state index is 0.455. The van der Waals surface area contributed by atoms with Crippen molar-refractivity contribution >= 4 is 6.29 Å². The smallest absolute Gasteiger partial charge is 0.170 e. The molecule has 0 amide bonds. The highest BCUT2D eigenvalue weighted by Gasteiger charge is 2.00. The molecule has 0 saturated heterocycles. The number of aldehydes is 1. The number of H-pyrrole nitrogens is 1. The minimum absolute atomic E-state index is 0.455. The van der Waals surface area contributed by atoms with E-state index in [4.69, 9.17) is 0 Å². The van der Waals surface area contributed by atoms with Gasteiger partial charge >= 0.3 is 0 Å². The molecule has 0 radical (unpaired) electrons. The first-order valence-electron chi connectivity index (χ1n) is 4.42. The van der Waals surface area contributed by atoms with Crippen molar-refractivity contribution in [2.24, 2.45) is 0 Å². The van der Waals surface area contributed by atoms with Gasteiger partial charge in [0.05, 0.1) is 0 Å². The lowest BCUT2D eigenvalue weighted by atomic mass is 10.1. The van der Waals surface area contributed by atoms with E-state index in [0.29, 0.717) is 5.69 Å². The molecule has 0 bridgehead atoms. The first kappa shape index (κ1) is 8.69. The molecular formula is C11H10N2O. The fraction of sp³-hybridized carbons (Fsp3) is 0.0909. The van der Waals surface area contributed by atoms with Gasteiger partial charge in [0, 0.05) is 12.1 Å². The third kappa shape index (κ3) is 1.88. The number of aromatic nitrogens is 2. The Morgan fingerprint density at radius 1 is 1.29 bits per heavy atom. The van der Waals surface area contributed by atoms with Gasteiger partial charge in [0.15, 0.2) is 6.29 Å². The molecule has 1 aromatic carbocycles. The second kappa shape index (κ2) is 3.87. The molecular weight excluding hydrogens is 176 g/mol. The average molecular weight is 186 g/mol.